The van der Waals surface area contributed by atoms with Crippen molar-refractivity contribution < 1.29 is 14.3 Å². The highest BCUT2D eigenvalue weighted by Gasteiger charge is 2.36. The monoisotopic (exact) mass is 357 g/mol. The van der Waals surface area contributed by atoms with Gasteiger partial charge in [0.15, 0.2) is 0 Å². The molecule has 0 radical (unpaired) electrons. The summed E-state index contributed by atoms with van der Waals surface area (Å²) in [5.41, 5.74) is 0.787. The second-order valence-electron chi connectivity index (χ2n) is 7.80. The third-order valence-corrected chi connectivity index (χ3v) is 4.85. The van der Waals surface area contributed by atoms with Gasteiger partial charge >= 0.3 is 0 Å². The zero-order chi connectivity index (χ0) is 18.9. The molecule has 0 saturated carbocycles. The standard InChI is InChI=1S/C20H27N3O3/c1-20(2,3)23-13-15(12-18(23)25)21-17(24)9-11-22-10-8-14-6-5-7-16(26-4)19(14)22/h5-8,10,15H,9,11-13H2,1-4H3,(H,21,24). The number of amides is 2. The van der Waals surface area contributed by atoms with Crippen LogP contribution in [0.4, 0.5) is 0 Å². The summed E-state index contributed by atoms with van der Waals surface area (Å²) in [6.45, 7) is 7.19. The van der Waals surface area contributed by atoms with Crippen LogP contribution in [-0.4, -0.2) is 46.5 Å². The number of para-hydroxylation sites is 1. The lowest BCUT2D eigenvalue weighted by molar-refractivity contribution is -0.131. The summed E-state index contributed by atoms with van der Waals surface area (Å²) in [7, 11) is 1.65. The smallest absolute Gasteiger partial charge is 0.225 e. The summed E-state index contributed by atoms with van der Waals surface area (Å²) in [6.07, 6.45) is 2.71. The van der Waals surface area contributed by atoms with Crippen LogP contribution in [0.2, 0.25) is 0 Å². The maximum Gasteiger partial charge on any atom is 0.225 e. The lowest BCUT2D eigenvalue weighted by Gasteiger charge is -2.32. The van der Waals surface area contributed by atoms with Crippen LogP contribution >= 0.6 is 0 Å². The van der Waals surface area contributed by atoms with Gasteiger partial charge < -0.3 is 19.5 Å². The number of nitrogens with one attached hydrogen (secondary N) is 1. The average Bonchev–Trinajstić information content (AvgIpc) is 3.15. The molecule has 1 aromatic carbocycles. The van der Waals surface area contributed by atoms with Gasteiger partial charge in [0.05, 0.1) is 18.7 Å². The average molecular weight is 357 g/mol. The Labute approximate surface area is 154 Å². The van der Waals surface area contributed by atoms with Crippen molar-refractivity contribution in [2.75, 3.05) is 13.7 Å². The Kier molecular flexibility index (Phi) is 4.94. The molecule has 0 aliphatic carbocycles. The first-order chi connectivity index (χ1) is 12.3. The molecule has 3 rings (SSSR count). The summed E-state index contributed by atoms with van der Waals surface area (Å²) in [6, 6.07) is 7.82. The molecule has 1 fully saturated rings. The van der Waals surface area contributed by atoms with E-state index in [0.29, 0.717) is 25.9 Å². The zero-order valence-electron chi connectivity index (χ0n) is 15.9. The van der Waals surface area contributed by atoms with Gasteiger partial charge in [-0.15, -0.1) is 0 Å². The minimum atomic E-state index is -0.211. The minimum absolute atomic E-state index is 0.0321. The number of carbonyl (C=O) groups excluding carboxylic acids is 2. The van der Waals surface area contributed by atoms with E-state index < -0.39 is 0 Å². The number of likely N-dealkylation sites (tertiary alicyclic amines) is 1. The van der Waals surface area contributed by atoms with E-state index in [1.165, 1.54) is 0 Å². The molecule has 1 unspecified atom stereocenters. The third-order valence-electron chi connectivity index (χ3n) is 4.85. The molecule has 6 nitrogen and oxygen atoms in total. The maximum atomic E-state index is 12.4. The predicted molar refractivity (Wildman–Crippen MR) is 101 cm³/mol. The molecule has 1 N–H and O–H groups in total. The van der Waals surface area contributed by atoms with Gasteiger partial charge in [-0.1, -0.05) is 12.1 Å². The van der Waals surface area contributed by atoms with Gasteiger partial charge in [-0.25, -0.2) is 0 Å². The molecule has 1 aromatic heterocycles. The van der Waals surface area contributed by atoms with Crippen molar-refractivity contribution in [3.8, 4) is 5.75 Å². The van der Waals surface area contributed by atoms with Crippen LogP contribution in [0.25, 0.3) is 10.9 Å². The van der Waals surface area contributed by atoms with Crippen molar-refractivity contribution in [1.82, 2.24) is 14.8 Å². The molecule has 1 aliphatic heterocycles. The normalized spacial score (nSPS) is 17.8. The fourth-order valence-electron chi connectivity index (χ4n) is 3.55. The van der Waals surface area contributed by atoms with Gasteiger partial charge in [0.1, 0.15) is 5.75 Å². The van der Waals surface area contributed by atoms with E-state index in [1.54, 1.807) is 7.11 Å². The highest BCUT2D eigenvalue weighted by atomic mass is 16.5. The van der Waals surface area contributed by atoms with E-state index in [2.05, 4.69) is 5.32 Å². The van der Waals surface area contributed by atoms with E-state index in [1.807, 2.05) is 60.7 Å². The SMILES string of the molecule is COc1cccc2ccn(CCC(=O)NC3CC(=O)N(C(C)(C)C)C3)c12. The summed E-state index contributed by atoms with van der Waals surface area (Å²) < 4.78 is 7.47. The van der Waals surface area contributed by atoms with Crippen LogP contribution in [0.1, 0.15) is 33.6 Å². The number of rotatable bonds is 5. The van der Waals surface area contributed by atoms with E-state index in [0.717, 1.165) is 16.7 Å². The summed E-state index contributed by atoms with van der Waals surface area (Å²) in [4.78, 5) is 26.3. The van der Waals surface area contributed by atoms with Crippen molar-refractivity contribution in [2.24, 2.45) is 0 Å². The molecule has 2 aromatic rings. The van der Waals surface area contributed by atoms with Crippen LogP contribution in [0.3, 0.4) is 0 Å². The number of hydrogen-bond donors (Lipinski definition) is 1. The quantitative estimate of drug-likeness (QED) is 0.894. The van der Waals surface area contributed by atoms with Crippen LogP contribution in [-0.2, 0) is 16.1 Å². The number of ether oxygens (including phenoxy) is 1. The second-order valence-corrected chi connectivity index (χ2v) is 7.80. The molecule has 1 atom stereocenters. The summed E-state index contributed by atoms with van der Waals surface area (Å²) in [5.74, 6) is 0.870. The Morgan fingerprint density at radius 3 is 2.73 bits per heavy atom. The third kappa shape index (κ3) is 3.69. The van der Waals surface area contributed by atoms with Gasteiger partial charge in [0, 0.05) is 43.1 Å². The predicted octanol–water partition coefficient (Wildman–Crippen LogP) is 2.56. The van der Waals surface area contributed by atoms with Gasteiger partial charge in [0.2, 0.25) is 11.8 Å². The largest absolute Gasteiger partial charge is 0.495 e. The van der Waals surface area contributed by atoms with E-state index in [-0.39, 0.29) is 23.4 Å². The highest BCUT2D eigenvalue weighted by molar-refractivity contribution is 5.86. The summed E-state index contributed by atoms with van der Waals surface area (Å²) in [5, 5.41) is 4.09. The molecule has 2 amide bonds. The van der Waals surface area contributed by atoms with Gasteiger partial charge in [0.25, 0.3) is 0 Å². The van der Waals surface area contributed by atoms with Gasteiger partial charge in [-0.3, -0.25) is 9.59 Å². The summed E-state index contributed by atoms with van der Waals surface area (Å²) >= 11 is 0. The van der Waals surface area contributed by atoms with Gasteiger partial charge in [-0.05, 0) is 32.9 Å². The fraction of sp³-hybridized carbons (Fsp3) is 0.500. The molecule has 2 heterocycles. The number of aromatic nitrogens is 1. The van der Waals surface area contributed by atoms with Crippen molar-refractivity contribution in [3.05, 3.63) is 30.5 Å². The van der Waals surface area contributed by atoms with E-state index in [9.17, 15) is 9.59 Å². The molecular formula is C20H27N3O3. The number of hydrogen-bond acceptors (Lipinski definition) is 3. The minimum Gasteiger partial charge on any atom is -0.495 e. The van der Waals surface area contributed by atoms with E-state index >= 15 is 0 Å². The van der Waals surface area contributed by atoms with Crippen molar-refractivity contribution in [1.29, 1.82) is 0 Å². The Bertz CT molecular complexity index is 819. The highest BCUT2D eigenvalue weighted by Crippen LogP contribution is 2.26. The Morgan fingerprint density at radius 2 is 2.08 bits per heavy atom. The maximum absolute atomic E-state index is 12.4. The Balaban J connectivity index is 1.60. The lowest BCUT2D eigenvalue weighted by atomic mass is 10.1. The van der Waals surface area contributed by atoms with E-state index in [4.69, 9.17) is 4.74 Å². The number of methoxy groups -OCH3 is 1. The molecule has 1 aliphatic rings. The topological polar surface area (TPSA) is 63.6 Å². The van der Waals surface area contributed by atoms with Crippen LogP contribution < -0.4 is 10.1 Å². The van der Waals surface area contributed by atoms with Crippen molar-refractivity contribution >= 4 is 22.7 Å². The van der Waals surface area contributed by atoms with Crippen LogP contribution in [0.5, 0.6) is 5.75 Å². The second kappa shape index (κ2) is 7.02. The number of carbonyl (C=O) groups is 2. The molecule has 0 spiro atoms. The van der Waals surface area contributed by atoms with Crippen LogP contribution in [0.15, 0.2) is 30.5 Å². The zero-order valence-corrected chi connectivity index (χ0v) is 15.9. The lowest BCUT2D eigenvalue weighted by Crippen LogP contribution is -2.44. The number of aryl methyl sites for hydroxylation is 1. The molecule has 6 heteroatoms. The van der Waals surface area contributed by atoms with Gasteiger partial charge in [-0.2, -0.15) is 0 Å². The van der Waals surface area contributed by atoms with Crippen LogP contribution in [0, 0.1) is 0 Å². The fourth-order valence-corrected chi connectivity index (χ4v) is 3.55. The number of fused-ring (bicyclic) bond motifs is 1. The Hall–Kier alpha value is -2.50. The molecule has 0 bridgehead atoms. The number of benzene rings is 1. The first-order valence-corrected chi connectivity index (χ1v) is 9.01. The van der Waals surface area contributed by atoms with Crippen molar-refractivity contribution in [3.63, 3.8) is 0 Å². The Morgan fingerprint density at radius 1 is 1.31 bits per heavy atom. The first kappa shape index (κ1) is 18.3. The molecular weight excluding hydrogens is 330 g/mol. The molecule has 26 heavy (non-hydrogen) atoms. The number of nitrogens with zero attached hydrogens (tertiary/aromatic N) is 2. The molecule has 1 saturated heterocycles. The van der Waals surface area contributed by atoms with Crippen molar-refractivity contribution in [2.45, 2.75) is 51.7 Å². The molecule has 140 valence electrons. The first-order valence-electron chi connectivity index (χ1n) is 9.01.